The van der Waals surface area contributed by atoms with Crippen molar-refractivity contribution in [2.24, 2.45) is 29.2 Å². The van der Waals surface area contributed by atoms with E-state index in [1.165, 1.54) is 20.0 Å². The number of aliphatic hydroxyl groups is 2. The Hall–Kier alpha value is -7.57. The normalized spacial score (nSPS) is 28.9. The first-order valence-corrected chi connectivity index (χ1v) is 33.4. The van der Waals surface area contributed by atoms with Gasteiger partial charge in [0, 0.05) is 37.3 Å². The number of Topliss-reactive ketones (excluding diaryl/α,β-unsaturated/α-hetero) is 2. The smallest absolute Gasteiger partial charge is 0.307 e. The highest BCUT2D eigenvalue weighted by Crippen LogP contribution is 2.51. The number of nitrogens with two attached hydrogens (primary N) is 2. The molecule has 0 radical (unpaired) electrons. The van der Waals surface area contributed by atoms with Gasteiger partial charge in [0.05, 0.1) is 30.1 Å². The van der Waals surface area contributed by atoms with Crippen LogP contribution in [0.2, 0.25) is 0 Å². The molecule has 31 heteroatoms. The molecule has 30 nitrogen and oxygen atoms in total. The van der Waals surface area contributed by atoms with Crippen LogP contribution in [-0.4, -0.2) is 189 Å². The fraction of sp³-hybridized carbons (Fsp3) is 0.719. The molecule has 0 aromatic carbocycles. The van der Waals surface area contributed by atoms with Gasteiger partial charge in [-0.3, -0.25) is 67.1 Å². The summed E-state index contributed by atoms with van der Waals surface area (Å²) in [4.78, 5) is 197. The molecule has 15 N–H and O–H groups in total. The number of carbonyl (C=O) groups excluding carboxylic acids is 14. The molecule has 3 aliphatic heterocycles. The van der Waals surface area contributed by atoms with Crippen molar-refractivity contribution in [1.82, 2.24) is 52.8 Å². The van der Waals surface area contributed by atoms with E-state index < -0.39 is 179 Å². The quantitative estimate of drug-likeness (QED) is 0.0332. The van der Waals surface area contributed by atoms with Crippen LogP contribution in [0.15, 0.2) is 22.4 Å². The summed E-state index contributed by atoms with van der Waals surface area (Å²) in [7, 11) is 0. The molecule has 95 heavy (non-hydrogen) atoms. The maximum Gasteiger partial charge on any atom is 0.307 e. The van der Waals surface area contributed by atoms with Gasteiger partial charge < -0.3 is 83.9 Å². The molecular formula is C64H101ClN12O18. The van der Waals surface area contributed by atoms with E-state index in [-0.39, 0.29) is 79.7 Å². The molecule has 1 spiro atoms. The maximum absolute atomic E-state index is 15.0. The van der Waals surface area contributed by atoms with Gasteiger partial charge in [0.1, 0.15) is 60.1 Å². The van der Waals surface area contributed by atoms with Crippen LogP contribution in [0.4, 0.5) is 0 Å². The number of primary amides is 2. The summed E-state index contributed by atoms with van der Waals surface area (Å²) in [5, 5.41) is 44.2. The van der Waals surface area contributed by atoms with E-state index in [4.69, 9.17) is 32.5 Å². The van der Waals surface area contributed by atoms with Crippen molar-refractivity contribution >= 4 is 94.1 Å². The summed E-state index contributed by atoms with van der Waals surface area (Å²) in [6, 6.07) is -15.1. The first-order valence-electron chi connectivity index (χ1n) is 33.0. The van der Waals surface area contributed by atoms with Crippen LogP contribution in [0.1, 0.15) is 185 Å². The second-order valence-corrected chi connectivity index (χ2v) is 26.6. The number of nitrogens with zero attached hydrogens (tertiary/aromatic N) is 1. The van der Waals surface area contributed by atoms with Crippen LogP contribution >= 0.6 is 11.6 Å². The number of carbonyl (C=O) groups is 14. The number of ether oxygens (including phenoxy) is 2. The Morgan fingerprint density at radius 3 is 1.51 bits per heavy atom. The molecule has 0 saturated carbocycles. The molecule has 0 aromatic heterocycles. The summed E-state index contributed by atoms with van der Waals surface area (Å²) in [5.41, 5.74) is 7.61. The summed E-state index contributed by atoms with van der Waals surface area (Å²) in [6.45, 7) is 17.3. The average molecular weight is 1360 g/mol. The highest BCUT2D eigenvalue weighted by molar-refractivity contribution is 6.49. The standard InChI is InChI=1S/C64H101ClN12O18/c1-12-14-15-16-17-18-22-39-55(86)69-40(23-19-25-77-31-38-48(34(7)64(77)24-20-26-94-64)49(65)53(84)63(11,52(38)83)95-47(82)21-13-2)56(87)75-50(36(9)78)61(92)68-35(8)54(85)71-43(29-45(66)80)58(89)73-44(30-46(67)81)59(90)72-42(28-33(5)6)60(91)76-51(37(10)79)62(93)74-41(27-32(3)4)57(88)70-39/h31-37,39-44,50-51,78-79H,12-30H2,1-11H3,(H2,66,80)(H2,67,81)(H,68,92)(H,69,86)(H,70,88)(H,71,85)(H,72,90)(H,73,89)(H,74,93)(H,75,87)(H,76,91)/t34-,35-,36+,37+,39+,40+,41+,42+,43-,44+,50-,51-,63-,64-/m0/s1. The molecule has 0 unspecified atom stereocenters. The molecule has 11 amide bonds. The Morgan fingerprint density at radius 2 is 1.02 bits per heavy atom. The molecular weight excluding hydrogens is 1260 g/mol. The predicted molar refractivity (Wildman–Crippen MR) is 344 cm³/mol. The lowest BCUT2D eigenvalue weighted by Crippen LogP contribution is -2.62. The Bertz CT molecular complexity index is 2910. The molecule has 14 atom stereocenters. The Kier molecular flexibility index (Phi) is 30.7. The van der Waals surface area contributed by atoms with E-state index in [9.17, 15) is 72.5 Å². The van der Waals surface area contributed by atoms with Crippen LogP contribution in [0.3, 0.4) is 0 Å². The van der Waals surface area contributed by atoms with E-state index in [1.807, 2.05) is 6.92 Å². The minimum atomic E-state index is -2.31. The highest BCUT2D eigenvalue weighted by atomic mass is 35.5. The van der Waals surface area contributed by atoms with E-state index >= 15 is 4.79 Å². The third kappa shape index (κ3) is 22.0. The van der Waals surface area contributed by atoms with Gasteiger partial charge in [-0.05, 0) is 96.5 Å². The fourth-order valence-corrected chi connectivity index (χ4v) is 12.4. The zero-order valence-corrected chi connectivity index (χ0v) is 57.3. The van der Waals surface area contributed by atoms with Gasteiger partial charge in [-0.25, -0.2) is 0 Å². The molecule has 0 bridgehead atoms. The lowest BCUT2D eigenvalue weighted by Gasteiger charge is -2.50. The van der Waals surface area contributed by atoms with Crippen LogP contribution in [0, 0.1) is 17.8 Å². The Balaban J connectivity index is 1.89. The molecule has 2 saturated heterocycles. The summed E-state index contributed by atoms with van der Waals surface area (Å²) < 4.78 is 12.0. The fourth-order valence-electron chi connectivity index (χ4n) is 12.0. The third-order valence-corrected chi connectivity index (χ3v) is 17.5. The zero-order valence-electron chi connectivity index (χ0n) is 56.5. The number of rotatable bonds is 24. The topological polar surface area (TPSA) is 461 Å². The van der Waals surface area contributed by atoms with E-state index in [2.05, 4.69) is 47.9 Å². The van der Waals surface area contributed by atoms with Gasteiger partial charge in [-0.15, -0.1) is 0 Å². The molecule has 532 valence electrons. The number of halogens is 1. The van der Waals surface area contributed by atoms with E-state index in [0.717, 1.165) is 39.5 Å². The zero-order chi connectivity index (χ0) is 71.4. The molecule has 4 rings (SSSR count). The average Bonchev–Trinajstić information content (AvgIpc) is 1.65. The van der Waals surface area contributed by atoms with Crippen molar-refractivity contribution in [1.29, 1.82) is 0 Å². The van der Waals surface area contributed by atoms with Gasteiger partial charge in [-0.1, -0.05) is 98.6 Å². The minimum absolute atomic E-state index is 0.00319. The van der Waals surface area contributed by atoms with Crippen LogP contribution in [0.5, 0.6) is 0 Å². The van der Waals surface area contributed by atoms with Gasteiger partial charge >= 0.3 is 5.97 Å². The lowest BCUT2D eigenvalue weighted by atomic mass is 9.71. The van der Waals surface area contributed by atoms with Gasteiger partial charge in [0.25, 0.3) is 0 Å². The van der Waals surface area contributed by atoms with Crippen molar-refractivity contribution in [2.75, 3.05) is 13.2 Å². The number of nitrogens with one attached hydrogen (secondary N) is 9. The van der Waals surface area contributed by atoms with E-state index in [1.54, 1.807) is 46.4 Å². The molecule has 1 aliphatic carbocycles. The first kappa shape index (κ1) is 79.9. The number of esters is 1. The molecule has 4 aliphatic rings. The van der Waals surface area contributed by atoms with Gasteiger partial charge in [-0.2, -0.15) is 0 Å². The third-order valence-electron chi connectivity index (χ3n) is 17.2. The minimum Gasteiger partial charge on any atom is -0.442 e. The van der Waals surface area contributed by atoms with Crippen LogP contribution < -0.4 is 59.3 Å². The number of ketones is 2. The van der Waals surface area contributed by atoms with Crippen LogP contribution in [0.25, 0.3) is 0 Å². The number of fused-ring (bicyclic) bond motifs is 1. The number of hydrogen-bond acceptors (Lipinski definition) is 19. The van der Waals surface area contributed by atoms with Crippen LogP contribution in [-0.2, 0) is 76.6 Å². The lowest BCUT2D eigenvalue weighted by molar-refractivity contribution is -0.170. The number of hydrogen-bond donors (Lipinski definition) is 13. The van der Waals surface area contributed by atoms with Gasteiger partial charge in [0.2, 0.25) is 82.1 Å². The number of unbranched alkanes of at least 4 members (excludes halogenated alkanes) is 5. The summed E-state index contributed by atoms with van der Waals surface area (Å²) in [6.07, 6.45) is 1.53. The first-order chi connectivity index (χ1) is 44.5. The monoisotopic (exact) mass is 1360 g/mol. The van der Waals surface area contributed by atoms with Gasteiger partial charge in [0.15, 0.2) is 0 Å². The highest BCUT2D eigenvalue weighted by Gasteiger charge is 2.59. The number of aliphatic hydroxyl groups excluding tert-OH is 2. The molecule has 2 fully saturated rings. The summed E-state index contributed by atoms with van der Waals surface area (Å²) >= 11 is 6.83. The van der Waals surface area contributed by atoms with Crippen molar-refractivity contribution < 1.29 is 86.8 Å². The van der Waals surface area contributed by atoms with E-state index in [0.29, 0.717) is 32.1 Å². The molecule has 3 heterocycles. The maximum atomic E-state index is 15.0. The second kappa shape index (κ2) is 36.5. The van der Waals surface area contributed by atoms with Crippen molar-refractivity contribution in [3.63, 3.8) is 0 Å². The Morgan fingerprint density at radius 1 is 0.589 bits per heavy atom. The predicted octanol–water partition coefficient (Wildman–Crippen LogP) is -0.393. The SMILES string of the molecule is CCCCCCCC[C@H]1NC(=O)[C@@H](CC(C)C)NC(=O)[C@H]([C@@H](C)O)NC(=O)[C@@H](CC(C)C)NC(=O)[C@@H](CC(N)=O)NC(=O)[C@H](CC(N)=O)NC(=O)[C@H](C)NC(=O)[C@H]([C@@H](C)O)NC(=O)[C@@H](CCCN2C=C3C(=O)[C@](C)(OC(=O)CCC)C(=O)C(Cl)=C3[C@H](C)[C@@]23CCCO3)NC1=O. The Labute approximate surface area is 559 Å². The largest absolute Gasteiger partial charge is 0.442 e. The van der Waals surface area contributed by atoms with Crippen molar-refractivity contribution in [3.8, 4) is 0 Å². The number of amides is 11. The van der Waals surface area contributed by atoms with Crippen molar-refractivity contribution in [3.05, 3.63) is 22.4 Å². The van der Waals surface area contributed by atoms with Crippen molar-refractivity contribution in [2.45, 2.75) is 263 Å². The summed E-state index contributed by atoms with van der Waals surface area (Å²) in [5.74, 6) is -15.9. The second-order valence-electron chi connectivity index (χ2n) is 26.2. The molecule has 0 aromatic rings.